The molecule has 0 aromatic heterocycles. The number of primary amides is 1. The summed E-state index contributed by atoms with van der Waals surface area (Å²) in [7, 11) is 4.63. The second-order valence-corrected chi connectivity index (χ2v) is 9.85. The molecule has 3 rings (SSSR count). The van der Waals surface area contributed by atoms with E-state index in [2.05, 4.69) is 5.32 Å². The van der Waals surface area contributed by atoms with Gasteiger partial charge in [-0.1, -0.05) is 19.3 Å². The number of carbonyl (C=O) groups is 3. The highest BCUT2D eigenvalue weighted by atomic mass is 16.5. The number of hydrogen-bond donors (Lipinski definition) is 3. The molecule has 1 aromatic rings. The summed E-state index contributed by atoms with van der Waals surface area (Å²) in [4.78, 5) is 41.0. The number of hydrogen-bond acceptors (Lipinski definition) is 7. The molecule has 37 heavy (non-hydrogen) atoms. The fourth-order valence-corrected chi connectivity index (χ4v) is 5.69. The van der Waals surface area contributed by atoms with Gasteiger partial charge >= 0.3 is 0 Å². The lowest BCUT2D eigenvalue weighted by Gasteiger charge is -2.40. The molecule has 3 amide bonds. The van der Waals surface area contributed by atoms with E-state index < -0.39 is 29.8 Å². The van der Waals surface area contributed by atoms with Crippen LogP contribution in [0.15, 0.2) is 12.1 Å². The molecule has 3 atom stereocenters. The number of nitrogens with zero attached hydrogens (tertiary/aromatic N) is 1. The van der Waals surface area contributed by atoms with Crippen LogP contribution in [0.5, 0.6) is 17.2 Å². The van der Waals surface area contributed by atoms with Gasteiger partial charge in [-0.05, 0) is 62.1 Å². The second-order valence-electron chi connectivity index (χ2n) is 9.85. The third kappa shape index (κ3) is 6.66. The fourth-order valence-electron chi connectivity index (χ4n) is 5.69. The van der Waals surface area contributed by atoms with Crippen molar-refractivity contribution in [1.82, 2.24) is 10.2 Å². The van der Waals surface area contributed by atoms with Gasteiger partial charge < -0.3 is 35.3 Å². The van der Waals surface area contributed by atoms with Crippen LogP contribution in [0.4, 0.5) is 0 Å². The number of amides is 3. The van der Waals surface area contributed by atoms with Gasteiger partial charge in [0.15, 0.2) is 11.5 Å². The SMILES string of the molecule is COc1cc([C@@H](C(=O)N2CCCCC2C(=O)N[C@H](CCO)C(N)=O)C2CCCCC2)cc(OC)c1OC. The largest absolute Gasteiger partial charge is 0.493 e. The Morgan fingerprint density at radius 3 is 2.16 bits per heavy atom. The van der Waals surface area contributed by atoms with Gasteiger partial charge in [0, 0.05) is 13.2 Å². The zero-order valence-electron chi connectivity index (χ0n) is 22.2. The van der Waals surface area contributed by atoms with Crippen LogP contribution in [-0.2, 0) is 14.4 Å². The Bertz CT molecular complexity index is 923. The summed E-state index contributed by atoms with van der Waals surface area (Å²) < 4.78 is 16.6. The predicted molar refractivity (Wildman–Crippen MR) is 138 cm³/mol. The number of nitrogens with one attached hydrogen (secondary N) is 1. The number of carbonyl (C=O) groups excluding carboxylic acids is 3. The Morgan fingerprint density at radius 2 is 1.62 bits per heavy atom. The summed E-state index contributed by atoms with van der Waals surface area (Å²) in [5.41, 5.74) is 6.19. The lowest BCUT2D eigenvalue weighted by Crippen LogP contribution is -2.57. The van der Waals surface area contributed by atoms with Gasteiger partial charge in [0.25, 0.3) is 0 Å². The number of nitrogens with two attached hydrogens (primary N) is 1. The van der Waals surface area contributed by atoms with Crippen molar-refractivity contribution < 1.29 is 33.7 Å². The summed E-state index contributed by atoms with van der Waals surface area (Å²) >= 11 is 0. The number of benzene rings is 1. The maximum Gasteiger partial charge on any atom is 0.243 e. The highest BCUT2D eigenvalue weighted by Gasteiger charge is 2.40. The highest BCUT2D eigenvalue weighted by molar-refractivity contribution is 5.93. The Hall–Kier alpha value is -3.01. The third-order valence-electron chi connectivity index (χ3n) is 7.60. The molecule has 1 heterocycles. The molecule has 0 spiro atoms. The minimum Gasteiger partial charge on any atom is -0.493 e. The predicted octanol–water partition coefficient (Wildman–Crippen LogP) is 2.11. The van der Waals surface area contributed by atoms with E-state index in [0.717, 1.165) is 50.5 Å². The lowest BCUT2D eigenvalue weighted by atomic mass is 9.75. The Balaban J connectivity index is 1.98. The zero-order chi connectivity index (χ0) is 26.9. The first-order valence-electron chi connectivity index (χ1n) is 13.2. The molecule has 2 fully saturated rings. The minimum atomic E-state index is -0.986. The van der Waals surface area contributed by atoms with Crippen LogP contribution in [0.25, 0.3) is 0 Å². The fraction of sp³-hybridized carbons (Fsp3) is 0.667. The van der Waals surface area contributed by atoms with Crippen LogP contribution < -0.4 is 25.3 Å². The first-order chi connectivity index (χ1) is 17.9. The average Bonchev–Trinajstić information content (AvgIpc) is 2.92. The van der Waals surface area contributed by atoms with E-state index in [4.69, 9.17) is 19.9 Å². The van der Waals surface area contributed by atoms with Crippen LogP contribution in [0.3, 0.4) is 0 Å². The molecule has 4 N–H and O–H groups in total. The number of aliphatic hydroxyl groups excluding tert-OH is 1. The van der Waals surface area contributed by atoms with E-state index in [1.165, 1.54) is 7.11 Å². The molecule has 1 saturated carbocycles. The topological polar surface area (TPSA) is 140 Å². The van der Waals surface area contributed by atoms with Crippen LogP contribution in [0, 0.1) is 5.92 Å². The molecular formula is C27H41N3O7. The smallest absolute Gasteiger partial charge is 0.243 e. The van der Waals surface area contributed by atoms with Crippen molar-refractivity contribution in [3.05, 3.63) is 17.7 Å². The summed E-state index contributed by atoms with van der Waals surface area (Å²) in [6.07, 6.45) is 7.16. The van der Waals surface area contributed by atoms with Crippen molar-refractivity contribution >= 4 is 17.7 Å². The van der Waals surface area contributed by atoms with Gasteiger partial charge in [-0.3, -0.25) is 14.4 Å². The van der Waals surface area contributed by atoms with E-state index in [1.54, 1.807) is 19.1 Å². The molecule has 1 aromatic carbocycles. The summed E-state index contributed by atoms with van der Waals surface area (Å²) in [6.45, 7) is 0.165. The zero-order valence-corrected chi connectivity index (χ0v) is 22.2. The van der Waals surface area contributed by atoms with Gasteiger partial charge in [-0.2, -0.15) is 0 Å². The molecule has 10 nitrogen and oxygen atoms in total. The summed E-state index contributed by atoms with van der Waals surface area (Å²) in [6, 6.07) is 1.97. The van der Waals surface area contributed by atoms with Gasteiger partial charge in [0.2, 0.25) is 23.5 Å². The minimum absolute atomic E-state index is 0.0257. The lowest BCUT2D eigenvalue weighted by molar-refractivity contribution is -0.145. The van der Waals surface area contributed by atoms with E-state index in [0.29, 0.717) is 30.2 Å². The van der Waals surface area contributed by atoms with Crippen molar-refractivity contribution in [2.75, 3.05) is 34.5 Å². The van der Waals surface area contributed by atoms with Gasteiger partial charge in [0.1, 0.15) is 12.1 Å². The number of methoxy groups -OCH3 is 3. The first kappa shape index (κ1) is 28.6. The Kier molecular flexibility index (Phi) is 10.4. The van der Waals surface area contributed by atoms with Crippen LogP contribution in [0.1, 0.15) is 69.3 Å². The van der Waals surface area contributed by atoms with E-state index in [1.807, 2.05) is 12.1 Å². The summed E-state index contributed by atoms with van der Waals surface area (Å²) in [5, 5.41) is 11.9. The van der Waals surface area contributed by atoms with Gasteiger partial charge in [-0.25, -0.2) is 0 Å². The second kappa shape index (κ2) is 13.5. The van der Waals surface area contributed by atoms with Crippen LogP contribution in [0.2, 0.25) is 0 Å². The Labute approximate surface area is 218 Å². The molecule has 10 heteroatoms. The number of piperidine rings is 1. The Morgan fingerprint density at radius 1 is 1.00 bits per heavy atom. The molecular weight excluding hydrogens is 478 g/mol. The molecule has 1 unspecified atom stereocenters. The van der Waals surface area contributed by atoms with Crippen LogP contribution in [-0.4, -0.2) is 74.3 Å². The number of ether oxygens (including phenoxy) is 3. The van der Waals surface area contributed by atoms with E-state index >= 15 is 0 Å². The quantitative estimate of drug-likeness (QED) is 0.407. The van der Waals surface area contributed by atoms with Gasteiger partial charge in [-0.15, -0.1) is 0 Å². The van der Waals surface area contributed by atoms with Crippen molar-refractivity contribution in [3.63, 3.8) is 0 Å². The highest BCUT2D eigenvalue weighted by Crippen LogP contribution is 2.45. The van der Waals surface area contributed by atoms with Crippen molar-refractivity contribution in [2.24, 2.45) is 11.7 Å². The third-order valence-corrected chi connectivity index (χ3v) is 7.60. The molecule has 0 radical (unpaired) electrons. The van der Waals surface area contributed by atoms with Gasteiger partial charge in [0.05, 0.1) is 27.2 Å². The number of likely N-dealkylation sites (tertiary alicyclic amines) is 1. The standard InChI is InChI=1S/C27H41N3O7/c1-35-21-15-18(16-22(36-2)24(21)37-3)23(17-9-5-4-6-10-17)27(34)30-13-8-7-11-20(30)26(33)29-19(12-14-31)25(28)32/h15-17,19-20,23,31H,4-14H2,1-3H3,(H2,28,32)(H,29,33)/t19-,20?,23+/m1/s1. The van der Waals surface area contributed by atoms with Crippen molar-refractivity contribution in [2.45, 2.75) is 75.8 Å². The van der Waals surface area contributed by atoms with Crippen LogP contribution >= 0.6 is 0 Å². The first-order valence-corrected chi connectivity index (χ1v) is 13.2. The molecule has 1 aliphatic heterocycles. The van der Waals surface area contributed by atoms with Crippen molar-refractivity contribution in [1.29, 1.82) is 0 Å². The monoisotopic (exact) mass is 519 g/mol. The normalized spacial score (nSPS) is 20.0. The molecule has 1 aliphatic carbocycles. The van der Waals surface area contributed by atoms with Crippen molar-refractivity contribution in [3.8, 4) is 17.2 Å². The number of rotatable bonds is 11. The maximum atomic E-state index is 14.3. The van der Waals surface area contributed by atoms with E-state index in [-0.39, 0.29) is 24.9 Å². The molecule has 0 bridgehead atoms. The average molecular weight is 520 g/mol. The molecule has 206 valence electrons. The maximum absolute atomic E-state index is 14.3. The van der Waals surface area contributed by atoms with E-state index in [9.17, 15) is 19.5 Å². The molecule has 1 saturated heterocycles. The number of aliphatic hydroxyl groups is 1. The summed E-state index contributed by atoms with van der Waals surface area (Å²) in [5.74, 6) is -0.196. The molecule has 2 aliphatic rings.